The number of carbonyl (C=O) groups excluding carboxylic acids is 2. The Labute approximate surface area is 203 Å². The van der Waals surface area contributed by atoms with Crippen LogP contribution in [0.1, 0.15) is 58.4 Å². The second kappa shape index (κ2) is 10.0. The van der Waals surface area contributed by atoms with Gasteiger partial charge in [0.2, 0.25) is 5.91 Å². The fraction of sp³-hybridized carbons (Fsp3) is 0.625. The molecule has 0 radical (unpaired) electrons. The summed E-state index contributed by atoms with van der Waals surface area (Å²) in [5.74, 6) is -1.57. The van der Waals surface area contributed by atoms with Crippen LogP contribution in [0, 0.1) is 5.41 Å². The van der Waals surface area contributed by atoms with Crippen LogP contribution in [0.4, 0.5) is 4.79 Å². The lowest BCUT2D eigenvalue weighted by Gasteiger charge is -2.35. The maximum absolute atomic E-state index is 13.7. The number of alkyl carbamates (subject to hydrolysis) is 1. The number of carbonyl (C=O) groups is 3. The largest absolute Gasteiger partial charge is 0.480 e. The van der Waals surface area contributed by atoms with Crippen molar-refractivity contribution in [2.45, 2.75) is 76.7 Å². The predicted molar refractivity (Wildman–Crippen MR) is 126 cm³/mol. The fourth-order valence-electron chi connectivity index (χ4n) is 4.68. The molecular formula is C24H33BrN2O6. The molecule has 1 aromatic rings. The molecule has 8 nitrogen and oxygen atoms in total. The van der Waals surface area contributed by atoms with E-state index in [0.29, 0.717) is 0 Å². The highest BCUT2D eigenvalue weighted by atomic mass is 79.9. The summed E-state index contributed by atoms with van der Waals surface area (Å²) < 4.78 is 12.2. The first-order chi connectivity index (χ1) is 15.5. The van der Waals surface area contributed by atoms with Gasteiger partial charge in [-0.05, 0) is 48.8 Å². The molecule has 3 rings (SSSR count). The zero-order valence-electron chi connectivity index (χ0n) is 19.6. The number of rotatable bonds is 6. The number of methoxy groups -OCH3 is 1. The third-order valence-electron chi connectivity index (χ3n) is 6.61. The molecule has 1 aromatic carbocycles. The average molecular weight is 525 g/mol. The molecule has 1 heterocycles. The van der Waals surface area contributed by atoms with E-state index in [4.69, 9.17) is 9.47 Å². The predicted octanol–water partition coefficient (Wildman–Crippen LogP) is 4.06. The van der Waals surface area contributed by atoms with E-state index in [9.17, 15) is 19.5 Å². The quantitative estimate of drug-likeness (QED) is 0.581. The molecule has 1 aliphatic heterocycles. The van der Waals surface area contributed by atoms with Crippen molar-refractivity contribution in [3.63, 3.8) is 0 Å². The van der Waals surface area contributed by atoms with Crippen LogP contribution in [0.25, 0.3) is 0 Å². The first-order valence-electron chi connectivity index (χ1n) is 11.3. The number of amides is 2. The molecule has 3 atom stereocenters. The Morgan fingerprint density at radius 1 is 1.18 bits per heavy atom. The van der Waals surface area contributed by atoms with E-state index in [0.717, 1.165) is 35.7 Å². The van der Waals surface area contributed by atoms with Gasteiger partial charge in [0.05, 0.1) is 6.54 Å². The molecule has 2 amide bonds. The van der Waals surface area contributed by atoms with Crippen molar-refractivity contribution >= 4 is 33.9 Å². The molecule has 9 heteroatoms. The van der Waals surface area contributed by atoms with Gasteiger partial charge in [-0.3, -0.25) is 4.79 Å². The van der Waals surface area contributed by atoms with Crippen LogP contribution in [-0.2, 0) is 24.7 Å². The molecule has 182 valence electrons. The van der Waals surface area contributed by atoms with Crippen molar-refractivity contribution in [3.05, 3.63) is 34.3 Å². The van der Waals surface area contributed by atoms with Gasteiger partial charge in [0.25, 0.3) is 0 Å². The van der Waals surface area contributed by atoms with Gasteiger partial charge in [0.15, 0.2) is 0 Å². The van der Waals surface area contributed by atoms with Gasteiger partial charge in [-0.15, -0.1) is 0 Å². The Balaban J connectivity index is 1.86. The number of benzene rings is 1. The van der Waals surface area contributed by atoms with E-state index in [1.54, 1.807) is 0 Å². The number of ether oxygens (including phenoxy) is 2. The van der Waals surface area contributed by atoms with Crippen molar-refractivity contribution in [2.24, 2.45) is 5.41 Å². The molecular weight excluding hydrogens is 492 g/mol. The number of carboxylic acids is 1. The van der Waals surface area contributed by atoms with Crippen LogP contribution < -0.4 is 5.32 Å². The van der Waals surface area contributed by atoms with Crippen molar-refractivity contribution in [3.8, 4) is 0 Å². The van der Waals surface area contributed by atoms with E-state index >= 15 is 0 Å². The van der Waals surface area contributed by atoms with Crippen LogP contribution in [0.5, 0.6) is 0 Å². The minimum atomic E-state index is -1.11. The summed E-state index contributed by atoms with van der Waals surface area (Å²) in [6, 6.07) is 5.39. The minimum Gasteiger partial charge on any atom is -0.480 e. The second-order valence-corrected chi connectivity index (χ2v) is 10.9. The summed E-state index contributed by atoms with van der Waals surface area (Å²) >= 11 is 3.41. The van der Waals surface area contributed by atoms with Gasteiger partial charge < -0.3 is 24.8 Å². The fourth-order valence-corrected chi connectivity index (χ4v) is 4.94. The van der Waals surface area contributed by atoms with E-state index in [1.807, 2.05) is 45.0 Å². The van der Waals surface area contributed by atoms with Crippen LogP contribution in [0.15, 0.2) is 28.7 Å². The molecule has 33 heavy (non-hydrogen) atoms. The third kappa shape index (κ3) is 5.69. The lowest BCUT2D eigenvalue weighted by Crippen LogP contribution is -2.57. The Bertz CT molecular complexity index is 878. The first kappa shape index (κ1) is 25.5. The highest BCUT2D eigenvalue weighted by Gasteiger charge is 2.52. The topological polar surface area (TPSA) is 105 Å². The number of hydrogen-bond acceptors (Lipinski definition) is 5. The van der Waals surface area contributed by atoms with Gasteiger partial charge in [0, 0.05) is 18.0 Å². The van der Waals surface area contributed by atoms with Gasteiger partial charge >= 0.3 is 12.1 Å². The summed E-state index contributed by atoms with van der Waals surface area (Å²) in [6.45, 7) is 5.55. The first-order valence-corrected chi connectivity index (χ1v) is 12.1. The van der Waals surface area contributed by atoms with Gasteiger partial charge in [-0.25, -0.2) is 9.59 Å². The number of carboxylic acid groups (broad SMARTS) is 1. The van der Waals surface area contributed by atoms with Crippen LogP contribution in [0.3, 0.4) is 0 Å². The maximum Gasteiger partial charge on any atom is 0.408 e. The zero-order valence-corrected chi connectivity index (χ0v) is 21.2. The summed E-state index contributed by atoms with van der Waals surface area (Å²) in [7, 11) is 1.52. The average Bonchev–Trinajstić information content (AvgIpc) is 3.40. The molecule has 0 spiro atoms. The Morgan fingerprint density at radius 2 is 1.79 bits per heavy atom. The van der Waals surface area contributed by atoms with Crippen LogP contribution >= 0.6 is 15.9 Å². The Kier molecular flexibility index (Phi) is 7.73. The number of halogens is 1. The lowest BCUT2D eigenvalue weighted by molar-refractivity contribution is -0.150. The van der Waals surface area contributed by atoms with E-state index < -0.39 is 41.1 Å². The summed E-state index contributed by atoms with van der Waals surface area (Å²) in [5.41, 5.74) is -0.840. The Morgan fingerprint density at radius 3 is 2.30 bits per heavy atom. The van der Waals surface area contributed by atoms with Crippen LogP contribution in [0.2, 0.25) is 0 Å². The second-order valence-electron chi connectivity index (χ2n) is 9.98. The molecule has 2 fully saturated rings. The zero-order chi connectivity index (χ0) is 24.4. The number of likely N-dealkylation sites (tertiary alicyclic amines) is 1. The summed E-state index contributed by atoms with van der Waals surface area (Å²) in [4.78, 5) is 39.8. The normalized spacial score (nSPS) is 24.5. The molecule has 1 aliphatic carbocycles. The molecule has 2 aliphatic rings. The van der Waals surface area contributed by atoms with Gasteiger partial charge in [-0.1, -0.05) is 48.8 Å². The molecule has 1 saturated carbocycles. The number of aliphatic carboxylic acids is 1. The number of hydrogen-bond donors (Lipinski definition) is 2. The summed E-state index contributed by atoms with van der Waals surface area (Å²) in [6.07, 6.45) is 2.99. The molecule has 1 saturated heterocycles. The molecule has 0 bridgehead atoms. The molecule has 0 aromatic heterocycles. The summed E-state index contributed by atoms with van der Waals surface area (Å²) in [5, 5.41) is 12.7. The van der Waals surface area contributed by atoms with Crippen molar-refractivity contribution < 1.29 is 29.0 Å². The highest BCUT2D eigenvalue weighted by molar-refractivity contribution is 9.10. The number of nitrogens with one attached hydrogen (secondary N) is 1. The van der Waals surface area contributed by atoms with Gasteiger partial charge in [0.1, 0.15) is 23.8 Å². The molecule has 2 N–H and O–H groups in total. The third-order valence-corrected chi connectivity index (χ3v) is 7.13. The lowest BCUT2D eigenvalue weighted by atomic mass is 9.85. The smallest absolute Gasteiger partial charge is 0.408 e. The Hall–Kier alpha value is -2.13. The van der Waals surface area contributed by atoms with Crippen molar-refractivity contribution in [1.82, 2.24) is 10.2 Å². The highest BCUT2D eigenvalue weighted by Crippen LogP contribution is 2.40. The molecule has 0 unspecified atom stereocenters. The minimum absolute atomic E-state index is 0.0624. The maximum atomic E-state index is 13.7. The van der Waals surface area contributed by atoms with E-state index in [2.05, 4.69) is 21.2 Å². The van der Waals surface area contributed by atoms with Crippen molar-refractivity contribution in [1.29, 1.82) is 0 Å². The van der Waals surface area contributed by atoms with Crippen LogP contribution in [-0.4, -0.2) is 59.8 Å². The van der Waals surface area contributed by atoms with E-state index in [1.165, 1.54) is 12.0 Å². The van der Waals surface area contributed by atoms with E-state index in [-0.39, 0.29) is 19.1 Å². The number of nitrogens with zero attached hydrogens (tertiary/aromatic N) is 1. The van der Waals surface area contributed by atoms with Gasteiger partial charge in [-0.2, -0.15) is 0 Å². The standard InChI is InChI=1S/C24H33BrN2O6/c1-23(2,3)19(26-22(31)33-17-7-5-6-8-17)20(28)27-14-24(32-4,13-18(27)21(29)30)15-9-11-16(25)12-10-15/h9-12,17-19H,5-8,13-14H2,1-4H3,(H,26,31)(H,29,30)/t18-,19+,24-/m0/s1. The van der Waals surface area contributed by atoms with Crippen molar-refractivity contribution in [2.75, 3.05) is 13.7 Å². The monoisotopic (exact) mass is 524 g/mol. The SMILES string of the molecule is CO[C@@]1(c2ccc(Br)cc2)C[C@@H](C(=O)O)N(C(=O)[C@@H](NC(=O)OC2CCCC2)C(C)(C)C)C1.